The Morgan fingerprint density at radius 1 is 0.268 bits per heavy atom. The van der Waals surface area contributed by atoms with Crippen molar-refractivity contribution < 1.29 is 8.83 Å². The van der Waals surface area contributed by atoms with Gasteiger partial charge in [-0.15, -0.1) is 0 Å². The Morgan fingerprint density at radius 2 is 0.768 bits per heavy atom. The Morgan fingerprint density at radius 3 is 1.46 bits per heavy atom. The second kappa shape index (κ2) is 13.0. The Kier molecular flexibility index (Phi) is 7.42. The molecule has 3 aromatic heterocycles. The summed E-state index contributed by atoms with van der Waals surface area (Å²) >= 11 is 0. The number of furan rings is 2. The lowest BCUT2D eigenvalue weighted by Crippen LogP contribution is -2.00. The molecule has 0 bridgehead atoms. The molecular formula is C51H31N3O2. The molecule has 5 heteroatoms. The highest BCUT2D eigenvalue weighted by Crippen LogP contribution is 2.43. The molecule has 0 amide bonds. The number of rotatable bonds is 6. The van der Waals surface area contributed by atoms with E-state index in [4.69, 9.17) is 23.8 Å². The monoisotopic (exact) mass is 717 g/mol. The standard InChI is InChI=1S/C51H31N3O2/c1-3-12-33(13-4-1)49-52-50(34-14-5-2-6-15-34)54-51(53-49)35-24-22-32(23-25-35)36-26-28-38(40-18-11-21-47-48(40)41-17-8-10-20-45(41)56-47)42(30-36)37-27-29-46-43(31-37)39-16-7-9-19-44(39)55-46/h1-31H. The van der Waals surface area contributed by atoms with E-state index in [9.17, 15) is 0 Å². The molecule has 0 fully saturated rings. The highest BCUT2D eigenvalue weighted by atomic mass is 16.3. The van der Waals surface area contributed by atoms with Gasteiger partial charge in [0.2, 0.25) is 0 Å². The van der Waals surface area contributed by atoms with Gasteiger partial charge in [-0.3, -0.25) is 0 Å². The van der Waals surface area contributed by atoms with E-state index in [1.807, 2.05) is 84.9 Å². The van der Waals surface area contributed by atoms with Crippen molar-refractivity contribution >= 4 is 43.9 Å². The molecule has 11 rings (SSSR count). The maximum Gasteiger partial charge on any atom is 0.164 e. The summed E-state index contributed by atoms with van der Waals surface area (Å²) in [5, 5.41) is 4.40. The number of hydrogen-bond donors (Lipinski definition) is 0. The maximum absolute atomic E-state index is 6.33. The van der Waals surface area contributed by atoms with Crippen LogP contribution < -0.4 is 0 Å². The molecule has 0 aliphatic rings. The van der Waals surface area contributed by atoms with Gasteiger partial charge < -0.3 is 8.83 Å². The zero-order chi connectivity index (χ0) is 37.0. The maximum atomic E-state index is 6.33. The molecule has 0 aliphatic heterocycles. The van der Waals surface area contributed by atoms with Crippen LogP contribution in [0.15, 0.2) is 197 Å². The first kappa shape index (κ1) is 31.9. The highest BCUT2D eigenvalue weighted by Gasteiger charge is 2.18. The van der Waals surface area contributed by atoms with Gasteiger partial charge in [-0.25, -0.2) is 15.0 Å². The highest BCUT2D eigenvalue weighted by molar-refractivity contribution is 6.14. The lowest BCUT2D eigenvalue weighted by Gasteiger charge is -2.15. The fourth-order valence-corrected chi connectivity index (χ4v) is 7.84. The molecule has 0 aliphatic carbocycles. The van der Waals surface area contributed by atoms with Crippen molar-refractivity contribution in [2.24, 2.45) is 0 Å². The minimum absolute atomic E-state index is 0.626. The van der Waals surface area contributed by atoms with Crippen LogP contribution in [0.2, 0.25) is 0 Å². The summed E-state index contributed by atoms with van der Waals surface area (Å²) < 4.78 is 12.6. The third-order valence-electron chi connectivity index (χ3n) is 10.6. The van der Waals surface area contributed by atoms with Crippen molar-refractivity contribution in [3.63, 3.8) is 0 Å². The van der Waals surface area contributed by atoms with Crippen molar-refractivity contribution in [1.82, 2.24) is 15.0 Å². The smallest absolute Gasteiger partial charge is 0.164 e. The van der Waals surface area contributed by atoms with Crippen molar-refractivity contribution in [2.45, 2.75) is 0 Å². The van der Waals surface area contributed by atoms with Crippen molar-refractivity contribution in [1.29, 1.82) is 0 Å². The van der Waals surface area contributed by atoms with E-state index < -0.39 is 0 Å². The molecule has 262 valence electrons. The second-order valence-corrected chi connectivity index (χ2v) is 14.0. The fourth-order valence-electron chi connectivity index (χ4n) is 7.84. The number of hydrogen-bond acceptors (Lipinski definition) is 5. The van der Waals surface area contributed by atoms with Crippen LogP contribution in [0.4, 0.5) is 0 Å². The summed E-state index contributed by atoms with van der Waals surface area (Å²) in [4.78, 5) is 14.8. The van der Waals surface area contributed by atoms with Gasteiger partial charge in [0.25, 0.3) is 0 Å². The molecule has 0 atom stereocenters. The first-order chi connectivity index (χ1) is 27.7. The molecule has 0 saturated carbocycles. The summed E-state index contributed by atoms with van der Waals surface area (Å²) in [5.74, 6) is 1.91. The van der Waals surface area contributed by atoms with E-state index in [1.54, 1.807) is 0 Å². The quantitative estimate of drug-likeness (QED) is 0.171. The molecule has 5 nitrogen and oxygen atoms in total. The minimum atomic E-state index is 0.626. The van der Waals surface area contributed by atoms with Gasteiger partial charge in [-0.2, -0.15) is 0 Å². The second-order valence-electron chi connectivity index (χ2n) is 14.0. The third kappa shape index (κ3) is 5.45. The van der Waals surface area contributed by atoms with E-state index >= 15 is 0 Å². The van der Waals surface area contributed by atoms with Crippen LogP contribution in [0, 0.1) is 0 Å². The molecule has 3 heterocycles. The summed E-state index contributed by atoms with van der Waals surface area (Å²) in [6.07, 6.45) is 0. The normalized spacial score (nSPS) is 11.6. The van der Waals surface area contributed by atoms with Gasteiger partial charge in [0.1, 0.15) is 22.3 Å². The Bertz CT molecular complexity index is 3180. The van der Waals surface area contributed by atoms with Crippen LogP contribution in [0.5, 0.6) is 0 Å². The summed E-state index contributed by atoms with van der Waals surface area (Å²) in [5.41, 5.74) is 13.0. The lowest BCUT2D eigenvalue weighted by molar-refractivity contribution is 0.668. The first-order valence-electron chi connectivity index (χ1n) is 18.7. The largest absolute Gasteiger partial charge is 0.456 e. The van der Waals surface area contributed by atoms with Crippen molar-refractivity contribution in [3.8, 4) is 67.5 Å². The summed E-state index contributed by atoms with van der Waals surface area (Å²) in [6.45, 7) is 0. The Balaban J connectivity index is 1.06. The summed E-state index contributed by atoms with van der Waals surface area (Å²) in [6, 6.07) is 64.7. The number of benzene rings is 8. The minimum Gasteiger partial charge on any atom is -0.456 e. The third-order valence-corrected chi connectivity index (χ3v) is 10.6. The molecule has 0 radical (unpaired) electrons. The Hall–Kier alpha value is -7.63. The van der Waals surface area contributed by atoms with Gasteiger partial charge in [0.05, 0.1) is 0 Å². The molecule has 0 N–H and O–H groups in total. The average Bonchev–Trinajstić information content (AvgIpc) is 3.85. The van der Waals surface area contributed by atoms with E-state index in [2.05, 4.69) is 103 Å². The molecule has 8 aromatic carbocycles. The van der Waals surface area contributed by atoms with Crippen LogP contribution in [-0.2, 0) is 0 Å². The Labute approximate surface area is 322 Å². The molecular weight excluding hydrogens is 687 g/mol. The zero-order valence-electron chi connectivity index (χ0n) is 30.1. The first-order valence-corrected chi connectivity index (χ1v) is 18.7. The van der Waals surface area contributed by atoms with Crippen molar-refractivity contribution in [2.75, 3.05) is 0 Å². The van der Waals surface area contributed by atoms with E-state index in [1.165, 1.54) is 0 Å². The predicted octanol–water partition coefficient (Wildman–Crippen LogP) is 13.7. The number of para-hydroxylation sites is 2. The van der Waals surface area contributed by atoms with Gasteiger partial charge in [0, 0.05) is 38.2 Å². The number of fused-ring (bicyclic) bond motifs is 6. The zero-order valence-corrected chi connectivity index (χ0v) is 30.1. The van der Waals surface area contributed by atoms with E-state index in [0.717, 1.165) is 93.9 Å². The predicted molar refractivity (Wildman–Crippen MR) is 227 cm³/mol. The SMILES string of the molecule is c1ccc(-c2nc(-c3ccccc3)nc(-c3ccc(-c4ccc(-c5cccc6oc7ccccc7c56)c(-c5ccc6oc7ccccc7c6c5)c4)cc3)n2)cc1. The molecule has 0 saturated heterocycles. The van der Waals surface area contributed by atoms with Gasteiger partial charge in [-0.1, -0.05) is 152 Å². The van der Waals surface area contributed by atoms with E-state index in [0.29, 0.717) is 17.5 Å². The average molecular weight is 718 g/mol. The molecule has 0 spiro atoms. The van der Waals surface area contributed by atoms with Crippen LogP contribution in [0.3, 0.4) is 0 Å². The van der Waals surface area contributed by atoms with Gasteiger partial charge >= 0.3 is 0 Å². The molecule has 11 aromatic rings. The van der Waals surface area contributed by atoms with Crippen LogP contribution in [0.1, 0.15) is 0 Å². The number of nitrogens with zero attached hydrogens (tertiary/aromatic N) is 3. The van der Waals surface area contributed by atoms with Crippen LogP contribution in [-0.4, -0.2) is 15.0 Å². The topological polar surface area (TPSA) is 65.0 Å². The van der Waals surface area contributed by atoms with Gasteiger partial charge in [0.15, 0.2) is 17.5 Å². The fraction of sp³-hybridized carbons (Fsp3) is 0. The van der Waals surface area contributed by atoms with Crippen molar-refractivity contribution in [3.05, 3.63) is 188 Å². The molecule has 0 unspecified atom stereocenters. The summed E-state index contributed by atoms with van der Waals surface area (Å²) in [7, 11) is 0. The van der Waals surface area contributed by atoms with E-state index in [-0.39, 0.29) is 0 Å². The molecule has 56 heavy (non-hydrogen) atoms. The number of aromatic nitrogens is 3. The lowest BCUT2D eigenvalue weighted by atomic mass is 9.88. The van der Waals surface area contributed by atoms with Crippen LogP contribution in [0.25, 0.3) is 111 Å². The van der Waals surface area contributed by atoms with Crippen LogP contribution >= 0.6 is 0 Å². The van der Waals surface area contributed by atoms with Gasteiger partial charge in [-0.05, 0) is 69.8 Å².